The Hall–Kier alpha value is -1.03. The third-order valence-corrected chi connectivity index (χ3v) is 1.46. The lowest BCUT2D eigenvalue weighted by Gasteiger charge is -2.06. The van der Waals surface area contributed by atoms with Crippen LogP contribution in [0, 0.1) is 12.1 Å². The van der Waals surface area contributed by atoms with Crippen LogP contribution in [0.1, 0.15) is 18.3 Å². The van der Waals surface area contributed by atoms with E-state index in [1.807, 2.05) is 6.92 Å². The van der Waals surface area contributed by atoms with Crippen LogP contribution >= 0.6 is 12.4 Å². The van der Waals surface area contributed by atoms with Crippen LogP contribution < -0.4 is 4.73 Å². The van der Waals surface area contributed by atoms with Gasteiger partial charge in [-0.1, -0.05) is 6.92 Å². The molecule has 0 aliphatic heterocycles. The predicted molar refractivity (Wildman–Crippen MR) is 46.2 cm³/mol. The monoisotopic (exact) mass is 190 g/mol. The first kappa shape index (κ1) is 11.0. The average Bonchev–Trinajstić information content (AvgIpc) is 1.96. The summed E-state index contributed by atoms with van der Waals surface area (Å²) in [5.41, 5.74) is 1.20. The number of rotatable bonds is 1. The van der Waals surface area contributed by atoms with E-state index in [2.05, 4.69) is 4.98 Å². The Labute approximate surface area is 76.9 Å². The molecule has 12 heavy (non-hydrogen) atoms. The number of aromatic hydroxyl groups is 1. The highest BCUT2D eigenvalue weighted by Gasteiger charge is 2.09. The molecule has 0 aliphatic rings. The number of hydrogen-bond acceptors (Lipinski definition) is 3. The summed E-state index contributed by atoms with van der Waals surface area (Å²) in [4.78, 5) is 3.59. The first-order valence-electron chi connectivity index (χ1n) is 3.44. The highest BCUT2D eigenvalue weighted by atomic mass is 35.5. The lowest BCUT2D eigenvalue weighted by molar-refractivity contribution is -0.625. The third kappa shape index (κ3) is 1.98. The topological polar surface area (TPSA) is 60.1 Å². The molecule has 0 fully saturated rings. The molecular formula is C7H11ClN2O2. The molecule has 5 heteroatoms. The molecule has 0 amide bonds. The molecule has 4 nitrogen and oxygen atoms in total. The standard InChI is InChI=1S/C7H10N2O2.ClH/c1-3-6-4-5(2)8-7(10)9(6)11;/h4H,3H2,1-2H3,(H,8,10);1H. The van der Waals surface area contributed by atoms with Crippen LogP contribution in [0.15, 0.2) is 6.07 Å². The van der Waals surface area contributed by atoms with Gasteiger partial charge in [0.15, 0.2) is 5.69 Å². The van der Waals surface area contributed by atoms with Crippen LogP contribution in [-0.2, 0) is 6.42 Å². The van der Waals surface area contributed by atoms with Crippen LogP contribution in [0.25, 0.3) is 0 Å². The van der Waals surface area contributed by atoms with E-state index in [1.165, 1.54) is 0 Å². The Morgan fingerprint density at radius 1 is 1.67 bits per heavy atom. The SMILES string of the molecule is CCc1cc(C)nc(O)[n+]1[O-].Cl. The predicted octanol–water partition coefficient (Wildman–Crippen LogP) is 0.713. The fourth-order valence-corrected chi connectivity index (χ4v) is 0.909. The minimum Gasteiger partial charge on any atom is -0.708 e. The van der Waals surface area contributed by atoms with E-state index in [1.54, 1.807) is 13.0 Å². The summed E-state index contributed by atoms with van der Waals surface area (Å²) in [6, 6.07) is 1.19. The lowest BCUT2D eigenvalue weighted by atomic mass is 10.3. The van der Waals surface area contributed by atoms with Crippen molar-refractivity contribution in [2.75, 3.05) is 0 Å². The van der Waals surface area contributed by atoms with Crippen LogP contribution in [0.4, 0.5) is 0 Å². The quantitative estimate of drug-likeness (QED) is 0.524. The van der Waals surface area contributed by atoms with Gasteiger partial charge in [0.2, 0.25) is 0 Å². The molecule has 0 spiro atoms. The van der Waals surface area contributed by atoms with Gasteiger partial charge in [-0.15, -0.1) is 12.4 Å². The zero-order chi connectivity index (χ0) is 8.43. The van der Waals surface area contributed by atoms with E-state index in [9.17, 15) is 5.21 Å². The Morgan fingerprint density at radius 2 is 2.25 bits per heavy atom. The summed E-state index contributed by atoms with van der Waals surface area (Å²) < 4.78 is 0.438. The van der Waals surface area contributed by atoms with Gasteiger partial charge in [-0.3, -0.25) is 0 Å². The maximum absolute atomic E-state index is 11.0. The van der Waals surface area contributed by atoms with Crippen molar-refractivity contribution in [3.8, 4) is 6.01 Å². The minimum absolute atomic E-state index is 0. The number of aryl methyl sites for hydroxylation is 2. The van der Waals surface area contributed by atoms with Crippen molar-refractivity contribution < 1.29 is 9.84 Å². The molecule has 1 heterocycles. The van der Waals surface area contributed by atoms with Crippen LogP contribution in [0.2, 0.25) is 0 Å². The van der Waals surface area contributed by atoms with Gasteiger partial charge in [0, 0.05) is 19.4 Å². The number of hydrogen-bond donors (Lipinski definition) is 1. The molecule has 1 aromatic heterocycles. The van der Waals surface area contributed by atoms with Gasteiger partial charge >= 0.3 is 6.01 Å². The highest BCUT2D eigenvalue weighted by molar-refractivity contribution is 5.85. The summed E-state index contributed by atoms with van der Waals surface area (Å²) in [7, 11) is 0. The molecule has 0 atom stereocenters. The summed E-state index contributed by atoms with van der Waals surface area (Å²) in [6.45, 7) is 3.58. The molecule has 0 aromatic carbocycles. The molecule has 0 saturated heterocycles. The zero-order valence-corrected chi connectivity index (χ0v) is 7.76. The summed E-state index contributed by atoms with van der Waals surface area (Å²) in [6.07, 6.45) is 0.598. The molecule has 0 unspecified atom stereocenters. The second-order valence-electron chi connectivity index (χ2n) is 2.34. The first-order chi connectivity index (χ1) is 5.15. The first-order valence-corrected chi connectivity index (χ1v) is 3.44. The molecule has 0 aliphatic carbocycles. The molecule has 68 valence electrons. The summed E-state index contributed by atoms with van der Waals surface area (Å²) in [5.74, 6) is 0. The van der Waals surface area contributed by atoms with Crippen LogP contribution in [0.3, 0.4) is 0 Å². The van der Waals surface area contributed by atoms with Crippen LogP contribution in [-0.4, -0.2) is 10.1 Å². The van der Waals surface area contributed by atoms with E-state index in [4.69, 9.17) is 5.11 Å². The van der Waals surface area contributed by atoms with Gasteiger partial charge < -0.3 is 10.3 Å². The van der Waals surface area contributed by atoms with Crippen molar-refractivity contribution >= 4 is 12.4 Å². The summed E-state index contributed by atoms with van der Waals surface area (Å²) >= 11 is 0. The Morgan fingerprint density at radius 3 is 2.75 bits per heavy atom. The van der Waals surface area contributed by atoms with Crippen molar-refractivity contribution in [1.29, 1.82) is 0 Å². The van der Waals surface area contributed by atoms with Gasteiger partial charge in [-0.25, -0.2) is 0 Å². The van der Waals surface area contributed by atoms with Gasteiger partial charge in [0.25, 0.3) is 0 Å². The molecule has 1 rings (SSSR count). The van der Waals surface area contributed by atoms with Gasteiger partial charge in [0.05, 0.1) is 0 Å². The van der Waals surface area contributed by atoms with Crippen LogP contribution in [0.5, 0.6) is 6.01 Å². The van der Waals surface area contributed by atoms with Crippen molar-refractivity contribution in [2.24, 2.45) is 0 Å². The second-order valence-corrected chi connectivity index (χ2v) is 2.34. The van der Waals surface area contributed by atoms with Crippen molar-refractivity contribution in [3.05, 3.63) is 22.7 Å². The van der Waals surface area contributed by atoms with E-state index in [-0.39, 0.29) is 12.4 Å². The largest absolute Gasteiger partial charge is 0.708 e. The number of halogens is 1. The highest BCUT2D eigenvalue weighted by Crippen LogP contribution is 2.02. The van der Waals surface area contributed by atoms with E-state index in [0.717, 1.165) is 0 Å². The van der Waals surface area contributed by atoms with Crippen molar-refractivity contribution in [1.82, 2.24) is 4.98 Å². The fraction of sp³-hybridized carbons (Fsp3) is 0.429. The van der Waals surface area contributed by atoms with Gasteiger partial charge in [-0.2, -0.15) is 4.73 Å². The molecule has 0 saturated carbocycles. The van der Waals surface area contributed by atoms with E-state index in [0.29, 0.717) is 22.5 Å². The van der Waals surface area contributed by atoms with E-state index >= 15 is 0 Å². The third-order valence-electron chi connectivity index (χ3n) is 1.46. The molecule has 0 radical (unpaired) electrons. The lowest BCUT2D eigenvalue weighted by Crippen LogP contribution is -2.32. The number of nitrogens with zero attached hydrogens (tertiary/aromatic N) is 2. The summed E-state index contributed by atoms with van der Waals surface area (Å²) in [5, 5.41) is 19.9. The zero-order valence-electron chi connectivity index (χ0n) is 6.94. The second kappa shape index (κ2) is 4.11. The van der Waals surface area contributed by atoms with Crippen molar-refractivity contribution in [2.45, 2.75) is 20.3 Å². The molecule has 1 aromatic rings. The molecular weight excluding hydrogens is 180 g/mol. The maximum Gasteiger partial charge on any atom is 0.499 e. The van der Waals surface area contributed by atoms with Gasteiger partial charge in [-0.05, 0) is 4.98 Å². The van der Waals surface area contributed by atoms with E-state index < -0.39 is 6.01 Å². The number of aromatic nitrogens is 2. The average molecular weight is 191 g/mol. The maximum atomic E-state index is 11.0. The Bertz CT molecular complexity index is 278. The van der Waals surface area contributed by atoms with Gasteiger partial charge in [0.1, 0.15) is 5.69 Å². The normalized spacial score (nSPS) is 9.17. The fourth-order valence-electron chi connectivity index (χ4n) is 0.909. The smallest absolute Gasteiger partial charge is 0.499 e. The molecule has 0 bridgehead atoms. The van der Waals surface area contributed by atoms with Crippen molar-refractivity contribution in [3.63, 3.8) is 0 Å². The minimum atomic E-state index is -0.471. The Balaban J connectivity index is 0.00000121. The molecule has 1 N–H and O–H groups in total. The Kier molecular flexibility index (Phi) is 3.76.